The lowest BCUT2D eigenvalue weighted by Gasteiger charge is -2.32. The van der Waals surface area contributed by atoms with E-state index in [0.29, 0.717) is 25.6 Å². The van der Waals surface area contributed by atoms with Gasteiger partial charge >= 0.3 is 5.76 Å². The van der Waals surface area contributed by atoms with Gasteiger partial charge in [0.05, 0.1) is 12.5 Å². The second kappa shape index (κ2) is 8.11. The number of piperidine rings is 1. The lowest BCUT2D eigenvalue weighted by atomic mass is 9.97. The Morgan fingerprint density at radius 3 is 2.96 bits per heavy atom. The predicted octanol–water partition coefficient (Wildman–Crippen LogP) is 1.72. The summed E-state index contributed by atoms with van der Waals surface area (Å²) in [5, 5.41) is 6.16. The largest absolute Gasteiger partial charge is 0.434 e. The minimum Gasteiger partial charge on any atom is -0.392 e. The van der Waals surface area contributed by atoms with Gasteiger partial charge < -0.3 is 14.1 Å². The summed E-state index contributed by atoms with van der Waals surface area (Å²) in [7, 11) is 0. The highest BCUT2D eigenvalue weighted by molar-refractivity contribution is 5.80. The molecule has 134 valence electrons. The number of H-pyrrole nitrogens is 1. The number of amides is 1. The van der Waals surface area contributed by atoms with Crippen molar-refractivity contribution in [3.63, 3.8) is 0 Å². The van der Waals surface area contributed by atoms with Gasteiger partial charge in [0.1, 0.15) is 6.10 Å². The van der Waals surface area contributed by atoms with Gasteiger partial charge in [0.15, 0.2) is 0 Å². The smallest absolute Gasteiger partial charge is 0.392 e. The van der Waals surface area contributed by atoms with Crippen LogP contribution in [0.2, 0.25) is 0 Å². The van der Waals surface area contributed by atoms with E-state index in [4.69, 9.17) is 9.15 Å². The van der Waals surface area contributed by atoms with Gasteiger partial charge in [-0.05, 0) is 31.7 Å². The number of hydrogen-bond donors (Lipinski definition) is 1. The highest BCUT2D eigenvalue weighted by Gasteiger charge is 2.30. The number of nitrogens with zero attached hydrogens (tertiary/aromatic N) is 2. The van der Waals surface area contributed by atoms with Crippen LogP contribution in [0.4, 0.5) is 0 Å². The summed E-state index contributed by atoms with van der Waals surface area (Å²) in [6, 6.07) is 10.0. The maximum atomic E-state index is 12.6. The molecule has 0 aliphatic carbocycles. The Morgan fingerprint density at radius 1 is 1.44 bits per heavy atom. The average Bonchev–Trinajstić information content (AvgIpc) is 3.08. The summed E-state index contributed by atoms with van der Waals surface area (Å²) < 4.78 is 10.8. The highest BCUT2D eigenvalue weighted by atomic mass is 16.5. The van der Waals surface area contributed by atoms with Crippen molar-refractivity contribution in [2.45, 2.75) is 38.2 Å². The van der Waals surface area contributed by atoms with Crippen LogP contribution < -0.4 is 5.76 Å². The molecular weight excluding hydrogens is 322 g/mol. The van der Waals surface area contributed by atoms with Gasteiger partial charge in [0.25, 0.3) is 5.91 Å². The third-order valence-corrected chi connectivity index (χ3v) is 4.49. The van der Waals surface area contributed by atoms with E-state index in [1.165, 1.54) is 5.56 Å². The van der Waals surface area contributed by atoms with Crippen molar-refractivity contribution in [2.24, 2.45) is 0 Å². The van der Waals surface area contributed by atoms with E-state index < -0.39 is 11.9 Å². The molecule has 1 aliphatic rings. The average molecular weight is 345 g/mol. The maximum Gasteiger partial charge on any atom is 0.434 e. The molecule has 1 fully saturated rings. The first-order chi connectivity index (χ1) is 12.1. The Kier molecular flexibility index (Phi) is 5.65. The third-order valence-electron chi connectivity index (χ3n) is 4.49. The molecule has 2 atom stereocenters. The Bertz CT molecular complexity index is 740. The van der Waals surface area contributed by atoms with Gasteiger partial charge in [-0.3, -0.25) is 4.79 Å². The van der Waals surface area contributed by atoms with Crippen LogP contribution in [-0.2, 0) is 16.0 Å². The molecule has 7 heteroatoms. The molecule has 1 amide bonds. The standard InChI is InChI=1S/C18H23N3O4/c1-13(24-11-9-14-6-3-2-4-7-14)17(22)21-10-5-8-15(12-21)16-19-20-18(23)25-16/h2-4,6-7,13,15H,5,8-12H2,1H3,(H,20,23). The number of rotatable bonds is 6. The molecule has 2 aromatic rings. The number of carbonyl (C=O) groups is 1. The van der Waals surface area contributed by atoms with Crippen LogP contribution in [-0.4, -0.2) is 46.8 Å². The summed E-state index contributed by atoms with van der Waals surface area (Å²) in [5.41, 5.74) is 1.19. The molecule has 0 radical (unpaired) electrons. The van der Waals surface area contributed by atoms with Gasteiger partial charge in [0.2, 0.25) is 5.89 Å². The normalized spacial score (nSPS) is 18.9. The quantitative estimate of drug-likeness (QED) is 0.861. The molecule has 1 aromatic carbocycles. The van der Waals surface area contributed by atoms with Crippen LogP contribution >= 0.6 is 0 Å². The maximum absolute atomic E-state index is 12.6. The third kappa shape index (κ3) is 4.57. The van der Waals surface area contributed by atoms with Crippen molar-refractivity contribution in [2.75, 3.05) is 19.7 Å². The molecule has 2 unspecified atom stereocenters. The van der Waals surface area contributed by atoms with Crippen molar-refractivity contribution < 1.29 is 13.9 Å². The van der Waals surface area contributed by atoms with Crippen LogP contribution in [0.3, 0.4) is 0 Å². The van der Waals surface area contributed by atoms with E-state index in [9.17, 15) is 9.59 Å². The molecule has 7 nitrogen and oxygen atoms in total. The van der Waals surface area contributed by atoms with Gasteiger partial charge in [-0.15, -0.1) is 5.10 Å². The van der Waals surface area contributed by atoms with Crippen molar-refractivity contribution in [3.05, 3.63) is 52.3 Å². The molecule has 1 N–H and O–H groups in total. The van der Waals surface area contributed by atoms with Crippen LogP contribution in [0.1, 0.15) is 37.1 Å². The number of aromatic nitrogens is 2. The van der Waals surface area contributed by atoms with Crippen LogP contribution in [0.5, 0.6) is 0 Å². The number of benzene rings is 1. The first-order valence-corrected chi connectivity index (χ1v) is 8.63. The van der Waals surface area contributed by atoms with E-state index >= 15 is 0 Å². The lowest BCUT2D eigenvalue weighted by molar-refractivity contribution is -0.144. The Labute approximate surface area is 146 Å². The first kappa shape index (κ1) is 17.4. The summed E-state index contributed by atoms with van der Waals surface area (Å²) in [4.78, 5) is 25.5. The molecular formula is C18H23N3O4. The number of aromatic amines is 1. The van der Waals surface area contributed by atoms with E-state index in [2.05, 4.69) is 10.2 Å². The molecule has 3 rings (SSSR count). The number of carbonyl (C=O) groups excluding carboxylic acids is 1. The zero-order chi connectivity index (χ0) is 17.6. The topological polar surface area (TPSA) is 88.4 Å². The van der Waals surface area contributed by atoms with Gasteiger partial charge in [-0.25, -0.2) is 9.89 Å². The van der Waals surface area contributed by atoms with Crippen molar-refractivity contribution in [1.82, 2.24) is 15.1 Å². The van der Waals surface area contributed by atoms with E-state index in [-0.39, 0.29) is 11.8 Å². The minimum absolute atomic E-state index is 0.0318. The molecule has 1 aromatic heterocycles. The Balaban J connectivity index is 1.50. The second-order valence-corrected chi connectivity index (χ2v) is 6.32. The molecule has 0 saturated carbocycles. The highest BCUT2D eigenvalue weighted by Crippen LogP contribution is 2.25. The summed E-state index contributed by atoms with van der Waals surface area (Å²) in [6.07, 6.45) is 1.98. The van der Waals surface area contributed by atoms with Crippen molar-refractivity contribution >= 4 is 5.91 Å². The molecule has 0 bridgehead atoms. The zero-order valence-electron chi connectivity index (χ0n) is 14.3. The number of hydrogen-bond acceptors (Lipinski definition) is 5. The van der Waals surface area contributed by atoms with Gasteiger partial charge in [-0.1, -0.05) is 30.3 Å². The molecule has 1 aliphatic heterocycles. The van der Waals surface area contributed by atoms with Crippen molar-refractivity contribution in [1.29, 1.82) is 0 Å². The fraction of sp³-hybridized carbons (Fsp3) is 0.500. The lowest BCUT2D eigenvalue weighted by Crippen LogP contribution is -2.44. The zero-order valence-corrected chi connectivity index (χ0v) is 14.3. The van der Waals surface area contributed by atoms with E-state index in [1.54, 1.807) is 11.8 Å². The van der Waals surface area contributed by atoms with Gasteiger partial charge in [0, 0.05) is 13.1 Å². The number of nitrogens with one attached hydrogen (secondary N) is 1. The Hall–Kier alpha value is -2.41. The Morgan fingerprint density at radius 2 is 2.24 bits per heavy atom. The fourth-order valence-electron chi connectivity index (χ4n) is 3.12. The summed E-state index contributed by atoms with van der Waals surface area (Å²) >= 11 is 0. The fourth-order valence-corrected chi connectivity index (χ4v) is 3.12. The van der Waals surface area contributed by atoms with Crippen LogP contribution in [0, 0.1) is 0 Å². The van der Waals surface area contributed by atoms with E-state index in [0.717, 1.165) is 19.3 Å². The van der Waals surface area contributed by atoms with Crippen LogP contribution in [0.25, 0.3) is 0 Å². The number of ether oxygens (including phenoxy) is 1. The monoisotopic (exact) mass is 345 g/mol. The van der Waals surface area contributed by atoms with E-state index in [1.807, 2.05) is 30.3 Å². The first-order valence-electron chi connectivity index (χ1n) is 8.63. The van der Waals surface area contributed by atoms with Gasteiger partial charge in [-0.2, -0.15) is 0 Å². The van der Waals surface area contributed by atoms with Crippen LogP contribution in [0.15, 0.2) is 39.5 Å². The molecule has 2 heterocycles. The predicted molar refractivity (Wildman–Crippen MR) is 91.2 cm³/mol. The second-order valence-electron chi connectivity index (χ2n) is 6.32. The molecule has 1 saturated heterocycles. The number of likely N-dealkylation sites (tertiary alicyclic amines) is 1. The molecule has 25 heavy (non-hydrogen) atoms. The molecule has 0 spiro atoms. The SMILES string of the molecule is CC(OCCc1ccccc1)C(=O)N1CCCC(c2n[nH]c(=O)o2)C1. The summed E-state index contributed by atoms with van der Waals surface area (Å²) in [6.45, 7) is 3.48. The summed E-state index contributed by atoms with van der Waals surface area (Å²) in [5.74, 6) is -0.264. The minimum atomic E-state index is -0.559. The van der Waals surface area contributed by atoms with Crippen molar-refractivity contribution in [3.8, 4) is 0 Å².